The molecule has 0 aliphatic heterocycles. The van der Waals surface area contributed by atoms with Crippen LogP contribution in [0.5, 0.6) is 0 Å². The second kappa shape index (κ2) is 7.70. The van der Waals surface area contributed by atoms with Crippen LogP contribution >= 0.6 is 0 Å². The van der Waals surface area contributed by atoms with Crippen molar-refractivity contribution < 1.29 is 22.4 Å². The van der Waals surface area contributed by atoms with Crippen molar-refractivity contribution in [2.75, 3.05) is 10.6 Å². The number of aromatic nitrogens is 4. The van der Waals surface area contributed by atoms with Gasteiger partial charge in [-0.05, 0) is 52.4 Å². The monoisotopic (exact) mass is 414 g/mol. The number of alkyl halides is 3. The van der Waals surface area contributed by atoms with Gasteiger partial charge in [-0.3, -0.25) is 0 Å². The van der Waals surface area contributed by atoms with Crippen LogP contribution in [0.4, 0.5) is 29.3 Å². The number of aromatic amines is 1. The maximum atomic E-state index is 12.9. The molecular formula is C19H13F3N6O2. The Balaban J connectivity index is 1.59. The lowest BCUT2D eigenvalue weighted by Gasteiger charge is -2.13. The molecule has 2 aromatic carbocycles. The summed E-state index contributed by atoms with van der Waals surface area (Å²) in [5.74, 6) is 0.301. The largest absolute Gasteiger partial charge is 0.472 e. The molecule has 2 heterocycles. The molecule has 0 aliphatic carbocycles. The fourth-order valence-corrected chi connectivity index (χ4v) is 2.79. The highest BCUT2D eigenvalue weighted by Gasteiger charge is 2.30. The molecule has 0 fully saturated rings. The molecule has 2 amide bonds. The Hall–Kier alpha value is -4.15. The topological polar surface area (TPSA) is 109 Å². The van der Waals surface area contributed by atoms with E-state index in [-0.39, 0.29) is 5.69 Å². The van der Waals surface area contributed by atoms with Gasteiger partial charge in [0, 0.05) is 16.8 Å². The lowest BCUT2D eigenvalue weighted by molar-refractivity contribution is -0.137. The van der Waals surface area contributed by atoms with E-state index in [1.54, 1.807) is 30.5 Å². The Morgan fingerprint density at radius 2 is 1.90 bits per heavy atom. The van der Waals surface area contributed by atoms with E-state index in [9.17, 15) is 18.0 Å². The number of furan rings is 1. The van der Waals surface area contributed by atoms with Crippen LogP contribution in [0.3, 0.4) is 0 Å². The lowest BCUT2D eigenvalue weighted by atomic mass is 10.0. The zero-order valence-corrected chi connectivity index (χ0v) is 15.1. The summed E-state index contributed by atoms with van der Waals surface area (Å²) in [5.41, 5.74) is 1.57. The molecule has 0 radical (unpaired) electrons. The molecule has 152 valence electrons. The zero-order valence-electron chi connectivity index (χ0n) is 15.1. The number of hydrogen-bond donors (Lipinski definition) is 3. The van der Waals surface area contributed by atoms with Crippen molar-refractivity contribution in [3.05, 3.63) is 66.6 Å². The number of anilines is 2. The van der Waals surface area contributed by atoms with Gasteiger partial charge in [-0.2, -0.15) is 13.2 Å². The highest BCUT2D eigenvalue weighted by atomic mass is 19.4. The quantitative estimate of drug-likeness (QED) is 0.445. The average Bonchev–Trinajstić information content (AvgIpc) is 3.42. The van der Waals surface area contributed by atoms with E-state index in [1.165, 1.54) is 18.4 Å². The number of hydrogen-bond acceptors (Lipinski definition) is 5. The van der Waals surface area contributed by atoms with Gasteiger partial charge in [0.2, 0.25) is 0 Å². The maximum Gasteiger partial charge on any atom is 0.416 e. The summed E-state index contributed by atoms with van der Waals surface area (Å²) in [5, 5.41) is 18.6. The fraction of sp³-hybridized carbons (Fsp3) is 0.0526. The first kappa shape index (κ1) is 19.2. The number of carbonyl (C=O) groups excluding carboxylic acids is 1. The van der Waals surface area contributed by atoms with E-state index >= 15 is 0 Å². The Bertz CT molecular complexity index is 1160. The summed E-state index contributed by atoms with van der Waals surface area (Å²) in [6, 6.07) is 10.5. The van der Waals surface area contributed by atoms with Crippen LogP contribution in [0.25, 0.3) is 22.5 Å². The first-order valence-electron chi connectivity index (χ1n) is 8.56. The van der Waals surface area contributed by atoms with Gasteiger partial charge in [-0.25, -0.2) is 9.89 Å². The van der Waals surface area contributed by atoms with Gasteiger partial charge in [0.15, 0.2) is 5.82 Å². The van der Waals surface area contributed by atoms with Crippen LogP contribution in [0.1, 0.15) is 5.56 Å². The van der Waals surface area contributed by atoms with Crippen molar-refractivity contribution in [2.24, 2.45) is 0 Å². The Morgan fingerprint density at radius 1 is 1.03 bits per heavy atom. The number of nitrogens with one attached hydrogen (secondary N) is 3. The fourth-order valence-electron chi connectivity index (χ4n) is 2.79. The summed E-state index contributed by atoms with van der Waals surface area (Å²) < 4.78 is 43.7. The molecule has 0 bridgehead atoms. The third-order valence-corrected chi connectivity index (χ3v) is 4.17. The van der Waals surface area contributed by atoms with Crippen molar-refractivity contribution in [2.45, 2.75) is 6.18 Å². The van der Waals surface area contributed by atoms with Gasteiger partial charge in [0.25, 0.3) is 0 Å². The van der Waals surface area contributed by atoms with Crippen LogP contribution in [-0.4, -0.2) is 26.7 Å². The molecule has 0 unspecified atom stereocenters. The number of halogens is 3. The second-order valence-corrected chi connectivity index (χ2v) is 6.18. The molecule has 2 aromatic heterocycles. The van der Waals surface area contributed by atoms with E-state index in [0.29, 0.717) is 17.1 Å². The number of tetrazole rings is 1. The average molecular weight is 414 g/mol. The van der Waals surface area contributed by atoms with E-state index in [0.717, 1.165) is 23.3 Å². The highest BCUT2D eigenvalue weighted by molar-refractivity contribution is 6.02. The van der Waals surface area contributed by atoms with E-state index in [1.807, 2.05) is 0 Å². The van der Waals surface area contributed by atoms with Crippen LogP contribution in [-0.2, 0) is 6.18 Å². The van der Waals surface area contributed by atoms with Crippen molar-refractivity contribution in [1.29, 1.82) is 0 Å². The van der Waals surface area contributed by atoms with Gasteiger partial charge in [-0.15, -0.1) is 5.10 Å². The van der Waals surface area contributed by atoms with Gasteiger partial charge in [0.05, 0.1) is 23.8 Å². The van der Waals surface area contributed by atoms with Gasteiger partial charge in [-0.1, -0.05) is 12.1 Å². The Kier molecular flexibility index (Phi) is 4.92. The number of carbonyl (C=O) groups is 1. The molecule has 4 rings (SSSR count). The number of amides is 2. The van der Waals surface area contributed by atoms with Crippen molar-refractivity contribution in [3.8, 4) is 22.5 Å². The summed E-state index contributed by atoms with van der Waals surface area (Å²) in [7, 11) is 0. The van der Waals surface area contributed by atoms with E-state index in [4.69, 9.17) is 4.42 Å². The van der Waals surface area contributed by atoms with Crippen molar-refractivity contribution in [3.63, 3.8) is 0 Å². The van der Waals surface area contributed by atoms with Crippen molar-refractivity contribution >= 4 is 17.4 Å². The molecule has 8 nitrogen and oxygen atoms in total. The summed E-state index contributed by atoms with van der Waals surface area (Å²) in [6.07, 6.45) is -1.42. The molecule has 11 heteroatoms. The molecule has 0 saturated carbocycles. The Labute approximate surface area is 167 Å². The molecule has 0 saturated heterocycles. The number of urea groups is 1. The van der Waals surface area contributed by atoms with Crippen LogP contribution in [0, 0.1) is 0 Å². The smallest absolute Gasteiger partial charge is 0.416 e. The van der Waals surface area contributed by atoms with Crippen LogP contribution in [0.2, 0.25) is 0 Å². The Morgan fingerprint density at radius 3 is 2.60 bits per heavy atom. The zero-order chi connectivity index (χ0) is 21.1. The maximum absolute atomic E-state index is 12.9. The summed E-state index contributed by atoms with van der Waals surface area (Å²) >= 11 is 0. The first-order chi connectivity index (χ1) is 14.4. The summed E-state index contributed by atoms with van der Waals surface area (Å²) in [4.78, 5) is 12.4. The minimum absolute atomic E-state index is 0.000208. The SMILES string of the molecule is O=C(Nc1cccc(C(F)(F)F)c1)Nc1ccc(-c2ccoc2)cc1-c1nnn[nH]1. The molecule has 30 heavy (non-hydrogen) atoms. The number of H-pyrrole nitrogens is 1. The minimum atomic E-state index is -4.51. The molecule has 3 N–H and O–H groups in total. The molecule has 0 spiro atoms. The van der Waals surface area contributed by atoms with E-state index in [2.05, 4.69) is 31.3 Å². The normalized spacial score (nSPS) is 11.3. The number of rotatable bonds is 4. The third-order valence-electron chi connectivity index (χ3n) is 4.17. The highest BCUT2D eigenvalue weighted by Crippen LogP contribution is 2.32. The van der Waals surface area contributed by atoms with Gasteiger partial charge >= 0.3 is 12.2 Å². The minimum Gasteiger partial charge on any atom is -0.472 e. The first-order valence-corrected chi connectivity index (χ1v) is 8.56. The second-order valence-electron chi connectivity index (χ2n) is 6.18. The van der Waals surface area contributed by atoms with Gasteiger partial charge in [0.1, 0.15) is 0 Å². The predicted octanol–water partition coefficient (Wildman–Crippen LogP) is 4.79. The number of benzene rings is 2. The molecule has 4 aromatic rings. The molecule has 0 atom stereocenters. The molecular weight excluding hydrogens is 401 g/mol. The molecule has 0 aliphatic rings. The van der Waals surface area contributed by atoms with Crippen molar-refractivity contribution in [1.82, 2.24) is 20.6 Å². The van der Waals surface area contributed by atoms with Crippen LogP contribution < -0.4 is 10.6 Å². The summed E-state index contributed by atoms with van der Waals surface area (Å²) in [6.45, 7) is 0. The third kappa shape index (κ3) is 4.14. The van der Waals surface area contributed by atoms with E-state index < -0.39 is 17.8 Å². The standard InChI is InChI=1S/C19H13F3N6O2/c20-19(21,22)13-2-1-3-14(9-13)23-18(29)24-16-5-4-11(12-6-7-30-10-12)8-15(16)17-25-27-28-26-17/h1-10H,(H2,23,24,29)(H,25,26,27,28). The number of nitrogens with zero attached hydrogens (tertiary/aromatic N) is 3. The van der Waals surface area contributed by atoms with Gasteiger partial charge < -0.3 is 15.1 Å². The predicted molar refractivity (Wildman–Crippen MR) is 101 cm³/mol. The van der Waals surface area contributed by atoms with Crippen LogP contribution in [0.15, 0.2) is 65.5 Å². The lowest BCUT2D eigenvalue weighted by Crippen LogP contribution is -2.20.